The van der Waals surface area contributed by atoms with E-state index < -0.39 is 0 Å². The topological polar surface area (TPSA) is 109 Å². The number of nitrogens with zero attached hydrogens (tertiary/aromatic N) is 5. The summed E-state index contributed by atoms with van der Waals surface area (Å²) in [5.74, 6) is 2.22. The number of benzene rings is 2. The first kappa shape index (κ1) is 19.2. The average molecular weight is 404 g/mol. The van der Waals surface area contributed by atoms with Crippen molar-refractivity contribution in [3.63, 3.8) is 0 Å². The molecule has 4 rings (SSSR count). The Bertz CT molecular complexity index is 1220. The maximum atomic E-state index is 6.12. The molecular formula is C21H20N6O3. The summed E-state index contributed by atoms with van der Waals surface area (Å²) < 4.78 is 17.5. The van der Waals surface area contributed by atoms with Crippen molar-refractivity contribution in [3.8, 4) is 28.5 Å². The van der Waals surface area contributed by atoms with Crippen LogP contribution in [0.5, 0.6) is 17.2 Å². The number of hydrogen-bond donors (Lipinski definition) is 1. The van der Waals surface area contributed by atoms with Gasteiger partial charge in [-0.15, -0.1) is 10.2 Å². The van der Waals surface area contributed by atoms with E-state index in [0.29, 0.717) is 28.5 Å². The van der Waals surface area contributed by atoms with Crippen molar-refractivity contribution in [1.82, 2.24) is 14.6 Å². The summed E-state index contributed by atoms with van der Waals surface area (Å²) in [5, 5.41) is 12.9. The first-order valence-electron chi connectivity index (χ1n) is 9.06. The lowest BCUT2D eigenvalue weighted by Gasteiger charge is -2.10. The molecule has 0 unspecified atom stereocenters. The van der Waals surface area contributed by atoms with E-state index >= 15 is 0 Å². The molecule has 0 aliphatic rings. The van der Waals surface area contributed by atoms with E-state index in [4.69, 9.17) is 19.9 Å². The summed E-state index contributed by atoms with van der Waals surface area (Å²) >= 11 is 0. The molecule has 4 aromatic rings. The van der Waals surface area contributed by atoms with Crippen LogP contribution in [0, 0.1) is 0 Å². The van der Waals surface area contributed by atoms with E-state index in [1.54, 1.807) is 56.3 Å². The van der Waals surface area contributed by atoms with Crippen molar-refractivity contribution in [3.05, 3.63) is 54.7 Å². The van der Waals surface area contributed by atoms with Gasteiger partial charge >= 0.3 is 0 Å². The minimum absolute atomic E-state index is 0.229. The first-order valence-corrected chi connectivity index (χ1v) is 9.06. The monoisotopic (exact) mass is 404 g/mol. The van der Waals surface area contributed by atoms with E-state index in [1.807, 2.05) is 24.3 Å². The third-order valence-electron chi connectivity index (χ3n) is 4.54. The van der Waals surface area contributed by atoms with Crippen molar-refractivity contribution < 1.29 is 14.2 Å². The fourth-order valence-electron chi connectivity index (χ4n) is 3.02. The minimum atomic E-state index is 0.229. The number of aromatic nitrogens is 3. The number of hydrogen-bond acceptors (Lipinski definition) is 8. The van der Waals surface area contributed by atoms with Gasteiger partial charge in [0, 0.05) is 11.8 Å². The van der Waals surface area contributed by atoms with Crippen molar-refractivity contribution >= 4 is 22.8 Å². The smallest absolute Gasteiger partial charge is 0.185 e. The fraction of sp³-hybridized carbons (Fsp3) is 0.143. The van der Waals surface area contributed by atoms with Crippen molar-refractivity contribution in [2.45, 2.75) is 0 Å². The quantitative estimate of drug-likeness (QED) is 0.477. The third kappa shape index (κ3) is 3.48. The maximum absolute atomic E-state index is 6.12. The van der Waals surface area contributed by atoms with Gasteiger partial charge in [0.15, 0.2) is 28.7 Å². The predicted molar refractivity (Wildman–Crippen MR) is 113 cm³/mol. The number of nitrogens with two attached hydrogens (primary N) is 1. The van der Waals surface area contributed by atoms with E-state index in [-0.39, 0.29) is 5.82 Å². The normalized spacial score (nSPS) is 11.2. The molecule has 2 aromatic heterocycles. The molecule has 9 heteroatoms. The predicted octanol–water partition coefficient (Wildman–Crippen LogP) is 4.42. The summed E-state index contributed by atoms with van der Waals surface area (Å²) in [6.07, 6.45) is 1.68. The minimum Gasteiger partial charge on any atom is -0.497 e. The molecule has 2 heterocycles. The number of fused-ring (bicyclic) bond motifs is 1. The van der Waals surface area contributed by atoms with Crippen LogP contribution in [0.15, 0.2) is 65.0 Å². The van der Waals surface area contributed by atoms with Crippen LogP contribution in [-0.4, -0.2) is 35.9 Å². The summed E-state index contributed by atoms with van der Waals surface area (Å²) in [6.45, 7) is 0. The number of methoxy groups -OCH3 is 3. The molecule has 2 N–H and O–H groups in total. The molecule has 0 aliphatic carbocycles. The number of nitrogen functional groups attached to an aromatic ring is 1. The second kappa shape index (κ2) is 8.08. The van der Waals surface area contributed by atoms with Gasteiger partial charge in [-0.05, 0) is 48.5 Å². The Morgan fingerprint density at radius 1 is 0.867 bits per heavy atom. The SMILES string of the molecule is COc1ccc(N=Nc2c(N)nn3c(-c4ccc(OC)c(OC)c4)ccnc23)cc1. The highest BCUT2D eigenvalue weighted by molar-refractivity contribution is 5.78. The highest BCUT2D eigenvalue weighted by atomic mass is 16.5. The largest absolute Gasteiger partial charge is 0.497 e. The van der Waals surface area contributed by atoms with Crippen LogP contribution in [-0.2, 0) is 0 Å². The van der Waals surface area contributed by atoms with Crippen LogP contribution >= 0.6 is 0 Å². The zero-order valence-electron chi connectivity index (χ0n) is 16.7. The van der Waals surface area contributed by atoms with Gasteiger partial charge in [-0.25, -0.2) is 9.50 Å². The molecule has 152 valence electrons. The first-order chi connectivity index (χ1) is 14.6. The fourth-order valence-corrected chi connectivity index (χ4v) is 3.02. The van der Waals surface area contributed by atoms with Gasteiger partial charge in [0.2, 0.25) is 0 Å². The molecule has 0 saturated carbocycles. The highest BCUT2D eigenvalue weighted by Gasteiger charge is 2.16. The summed E-state index contributed by atoms with van der Waals surface area (Å²) in [6, 6.07) is 14.7. The zero-order valence-corrected chi connectivity index (χ0v) is 16.7. The molecule has 0 spiro atoms. The third-order valence-corrected chi connectivity index (χ3v) is 4.54. The van der Waals surface area contributed by atoms with E-state index in [9.17, 15) is 0 Å². The molecule has 0 bridgehead atoms. The van der Waals surface area contributed by atoms with Gasteiger partial charge in [0.05, 0.1) is 32.7 Å². The molecule has 2 aromatic carbocycles. The van der Waals surface area contributed by atoms with E-state index in [1.165, 1.54) is 0 Å². The Balaban J connectivity index is 1.76. The van der Waals surface area contributed by atoms with Crippen LogP contribution in [0.3, 0.4) is 0 Å². The van der Waals surface area contributed by atoms with Crippen LogP contribution in [0.1, 0.15) is 0 Å². The van der Waals surface area contributed by atoms with Gasteiger partial charge in [-0.3, -0.25) is 0 Å². The molecule has 0 aliphatic heterocycles. The van der Waals surface area contributed by atoms with Crippen LogP contribution in [0.4, 0.5) is 17.2 Å². The molecule has 0 radical (unpaired) electrons. The Morgan fingerprint density at radius 3 is 2.33 bits per heavy atom. The van der Waals surface area contributed by atoms with Crippen LogP contribution in [0.25, 0.3) is 16.9 Å². The number of anilines is 1. The Labute approximate surface area is 172 Å². The molecule has 0 amide bonds. The van der Waals surface area contributed by atoms with Gasteiger partial charge in [0.25, 0.3) is 0 Å². The van der Waals surface area contributed by atoms with Crippen molar-refractivity contribution in [2.75, 3.05) is 27.1 Å². The summed E-state index contributed by atoms with van der Waals surface area (Å²) in [5.41, 5.74) is 9.31. The summed E-state index contributed by atoms with van der Waals surface area (Å²) in [7, 11) is 4.79. The Kier molecular flexibility index (Phi) is 5.17. The molecule has 0 saturated heterocycles. The van der Waals surface area contributed by atoms with Gasteiger partial charge in [0.1, 0.15) is 5.75 Å². The molecule has 9 nitrogen and oxygen atoms in total. The molecule has 0 fully saturated rings. The number of rotatable bonds is 6. The van der Waals surface area contributed by atoms with Crippen LogP contribution < -0.4 is 19.9 Å². The van der Waals surface area contributed by atoms with Crippen molar-refractivity contribution in [1.29, 1.82) is 0 Å². The summed E-state index contributed by atoms with van der Waals surface area (Å²) in [4.78, 5) is 4.39. The van der Waals surface area contributed by atoms with Gasteiger partial charge < -0.3 is 19.9 Å². The van der Waals surface area contributed by atoms with Crippen LogP contribution in [0.2, 0.25) is 0 Å². The standard InChI is InChI=1S/C21H20N6O3/c1-28-15-7-5-14(6-8-15)24-25-19-20(22)26-27-16(10-11-23-21(19)27)13-4-9-17(29-2)18(12-13)30-3/h4-12H,1-3H3,(H2,22,26). The van der Waals surface area contributed by atoms with E-state index in [2.05, 4.69) is 20.3 Å². The zero-order chi connectivity index (χ0) is 21.1. The van der Waals surface area contributed by atoms with E-state index in [0.717, 1.165) is 17.0 Å². The Morgan fingerprint density at radius 2 is 1.63 bits per heavy atom. The average Bonchev–Trinajstić information content (AvgIpc) is 3.12. The molecule has 30 heavy (non-hydrogen) atoms. The van der Waals surface area contributed by atoms with Gasteiger partial charge in [-0.1, -0.05) is 0 Å². The maximum Gasteiger partial charge on any atom is 0.185 e. The molecular weight excluding hydrogens is 384 g/mol. The lowest BCUT2D eigenvalue weighted by Crippen LogP contribution is -1.97. The number of ether oxygens (including phenoxy) is 3. The Hall–Kier alpha value is -4.14. The highest BCUT2D eigenvalue weighted by Crippen LogP contribution is 2.35. The lowest BCUT2D eigenvalue weighted by atomic mass is 10.1. The van der Waals surface area contributed by atoms with Gasteiger partial charge in [-0.2, -0.15) is 5.11 Å². The number of azo groups is 1. The second-order valence-corrected chi connectivity index (χ2v) is 6.27. The van der Waals surface area contributed by atoms with Crippen molar-refractivity contribution in [2.24, 2.45) is 10.2 Å². The second-order valence-electron chi connectivity index (χ2n) is 6.27. The molecule has 0 atom stereocenters. The lowest BCUT2D eigenvalue weighted by molar-refractivity contribution is 0.355.